The van der Waals surface area contributed by atoms with Gasteiger partial charge in [-0.25, -0.2) is 0 Å². The van der Waals surface area contributed by atoms with Gasteiger partial charge >= 0.3 is 0 Å². The van der Waals surface area contributed by atoms with Gasteiger partial charge < -0.3 is 4.57 Å². The van der Waals surface area contributed by atoms with Crippen LogP contribution < -0.4 is 10.9 Å². The summed E-state index contributed by atoms with van der Waals surface area (Å²) in [7, 11) is 1.73. The Bertz CT molecular complexity index is 946. The fraction of sp³-hybridized carbons (Fsp3) is 0.125. The molecule has 9 heteroatoms. The Kier molecular flexibility index (Phi) is 4.53. The number of nitrogens with zero attached hydrogens (tertiary/aromatic N) is 4. The Morgan fingerprint density at radius 3 is 2.52 bits per heavy atom. The Balaban J connectivity index is 1.72. The first kappa shape index (κ1) is 16.7. The number of nitrogens with one attached hydrogen (secondary N) is 2. The lowest BCUT2D eigenvalue weighted by atomic mass is 10.3. The van der Waals surface area contributed by atoms with Crippen LogP contribution in [0.4, 0.5) is 0 Å². The third-order valence-electron chi connectivity index (χ3n) is 3.50. The van der Waals surface area contributed by atoms with E-state index in [1.807, 2.05) is 0 Å². The summed E-state index contributed by atoms with van der Waals surface area (Å²) < 4.78 is 1.64. The molecule has 1 aromatic carbocycles. The van der Waals surface area contributed by atoms with Gasteiger partial charge in [-0.2, -0.15) is 9.90 Å². The summed E-state index contributed by atoms with van der Waals surface area (Å²) in [5, 5.41) is 8.90. The molecular weight excluding hydrogens is 344 g/mol. The van der Waals surface area contributed by atoms with Gasteiger partial charge in [0.1, 0.15) is 5.69 Å². The fourth-order valence-corrected chi connectivity index (χ4v) is 2.42. The molecule has 8 nitrogen and oxygen atoms in total. The Morgan fingerprint density at radius 2 is 1.84 bits per heavy atom. The Labute approximate surface area is 148 Å². The SMILES string of the molecule is Cc1nn(-c2cccc(Cl)c2)nc1C(=O)NNC(=O)c1cccn1C. The molecular formula is C16H15ClN6O2. The molecule has 2 N–H and O–H groups in total. The topological polar surface area (TPSA) is 93.8 Å². The van der Waals surface area contributed by atoms with Crippen LogP contribution in [0.2, 0.25) is 5.02 Å². The zero-order valence-corrected chi connectivity index (χ0v) is 14.3. The van der Waals surface area contributed by atoms with Crippen LogP contribution in [0.3, 0.4) is 0 Å². The summed E-state index contributed by atoms with van der Waals surface area (Å²) in [6.07, 6.45) is 1.73. The number of hydrazine groups is 1. The molecule has 0 aliphatic carbocycles. The summed E-state index contributed by atoms with van der Waals surface area (Å²) in [5.41, 5.74) is 6.26. The maximum Gasteiger partial charge on any atom is 0.292 e. The van der Waals surface area contributed by atoms with Gasteiger partial charge in [-0.15, -0.1) is 5.10 Å². The number of aryl methyl sites for hydroxylation is 2. The van der Waals surface area contributed by atoms with Gasteiger partial charge in [-0.05, 0) is 37.3 Å². The third-order valence-corrected chi connectivity index (χ3v) is 3.74. The fourth-order valence-electron chi connectivity index (χ4n) is 2.24. The lowest BCUT2D eigenvalue weighted by molar-refractivity contribution is 0.0839. The Hall–Kier alpha value is -3.13. The number of amides is 2. The van der Waals surface area contributed by atoms with Crippen molar-refractivity contribution < 1.29 is 9.59 Å². The van der Waals surface area contributed by atoms with Gasteiger partial charge in [-0.1, -0.05) is 17.7 Å². The summed E-state index contributed by atoms with van der Waals surface area (Å²) >= 11 is 5.95. The molecule has 128 valence electrons. The van der Waals surface area contributed by atoms with Crippen LogP contribution in [0.25, 0.3) is 5.69 Å². The molecule has 25 heavy (non-hydrogen) atoms. The molecule has 2 amide bonds. The molecule has 2 aromatic heterocycles. The van der Waals surface area contributed by atoms with E-state index in [0.29, 0.717) is 22.1 Å². The van der Waals surface area contributed by atoms with Crippen molar-refractivity contribution in [2.75, 3.05) is 0 Å². The number of rotatable bonds is 3. The molecule has 0 unspecified atom stereocenters. The lowest BCUT2D eigenvalue weighted by Crippen LogP contribution is -2.42. The highest BCUT2D eigenvalue weighted by Gasteiger charge is 2.18. The lowest BCUT2D eigenvalue weighted by Gasteiger charge is -2.06. The van der Waals surface area contributed by atoms with Crippen molar-refractivity contribution in [2.24, 2.45) is 7.05 Å². The van der Waals surface area contributed by atoms with Gasteiger partial charge in [0.05, 0.1) is 11.4 Å². The molecule has 0 atom stereocenters. The zero-order valence-electron chi connectivity index (χ0n) is 13.5. The van der Waals surface area contributed by atoms with Crippen molar-refractivity contribution in [3.05, 3.63) is 64.7 Å². The van der Waals surface area contributed by atoms with E-state index in [1.165, 1.54) is 4.80 Å². The van der Waals surface area contributed by atoms with Crippen LogP contribution in [-0.4, -0.2) is 31.4 Å². The largest absolute Gasteiger partial charge is 0.347 e. The Morgan fingerprint density at radius 1 is 1.08 bits per heavy atom. The van der Waals surface area contributed by atoms with Crippen LogP contribution in [0.1, 0.15) is 26.7 Å². The highest BCUT2D eigenvalue weighted by atomic mass is 35.5. The van der Waals surface area contributed by atoms with E-state index in [0.717, 1.165) is 0 Å². The van der Waals surface area contributed by atoms with E-state index in [4.69, 9.17) is 11.6 Å². The third kappa shape index (κ3) is 3.53. The summed E-state index contributed by atoms with van der Waals surface area (Å²) in [4.78, 5) is 25.6. The summed E-state index contributed by atoms with van der Waals surface area (Å²) in [5.74, 6) is -0.992. The second-order valence-corrected chi connectivity index (χ2v) is 5.75. The van der Waals surface area contributed by atoms with Crippen molar-refractivity contribution in [2.45, 2.75) is 6.92 Å². The van der Waals surface area contributed by atoms with E-state index < -0.39 is 11.8 Å². The van der Waals surface area contributed by atoms with Gasteiger partial charge in [-0.3, -0.25) is 20.4 Å². The number of aromatic nitrogens is 4. The summed E-state index contributed by atoms with van der Waals surface area (Å²) in [6.45, 7) is 1.65. The first-order valence-electron chi connectivity index (χ1n) is 7.37. The normalized spacial score (nSPS) is 10.5. The zero-order chi connectivity index (χ0) is 18.0. The van der Waals surface area contributed by atoms with Crippen molar-refractivity contribution in [1.29, 1.82) is 0 Å². The number of hydrogen-bond acceptors (Lipinski definition) is 4. The minimum atomic E-state index is -0.562. The standard InChI is InChI=1S/C16H15ClN6O2/c1-10-14(21-23(20-10)12-6-3-5-11(17)9-12)16(25)19-18-15(24)13-7-4-8-22(13)2/h3-9H,1-2H3,(H,18,24)(H,19,25). The number of carbonyl (C=O) groups is 2. The quantitative estimate of drug-likeness (QED) is 0.696. The smallest absolute Gasteiger partial charge is 0.292 e. The number of carbonyl (C=O) groups excluding carboxylic acids is 2. The number of hydrogen-bond donors (Lipinski definition) is 2. The predicted octanol–water partition coefficient (Wildman–Crippen LogP) is 1.64. The van der Waals surface area contributed by atoms with Crippen molar-refractivity contribution in [3.63, 3.8) is 0 Å². The molecule has 0 aliphatic heterocycles. The minimum absolute atomic E-state index is 0.104. The second kappa shape index (κ2) is 6.78. The van der Waals surface area contributed by atoms with Crippen molar-refractivity contribution >= 4 is 23.4 Å². The average Bonchev–Trinajstić information content (AvgIpc) is 3.18. The first-order chi connectivity index (χ1) is 12.0. The highest BCUT2D eigenvalue weighted by Crippen LogP contribution is 2.14. The number of benzene rings is 1. The van der Waals surface area contributed by atoms with E-state index in [-0.39, 0.29) is 5.69 Å². The van der Waals surface area contributed by atoms with Crippen molar-refractivity contribution in [3.8, 4) is 5.69 Å². The molecule has 0 radical (unpaired) electrons. The van der Waals surface area contributed by atoms with Crippen LogP contribution in [-0.2, 0) is 7.05 Å². The second-order valence-electron chi connectivity index (χ2n) is 5.32. The molecule has 3 rings (SSSR count). The van der Waals surface area contributed by atoms with Gasteiger partial charge in [0, 0.05) is 18.3 Å². The first-order valence-corrected chi connectivity index (χ1v) is 7.75. The molecule has 0 aliphatic rings. The summed E-state index contributed by atoms with van der Waals surface area (Å²) in [6, 6.07) is 10.3. The molecule has 3 aromatic rings. The van der Waals surface area contributed by atoms with E-state index in [9.17, 15) is 9.59 Å². The van der Waals surface area contributed by atoms with E-state index in [2.05, 4.69) is 21.0 Å². The average molecular weight is 359 g/mol. The monoisotopic (exact) mass is 358 g/mol. The number of halogens is 1. The molecule has 2 heterocycles. The van der Waals surface area contributed by atoms with Crippen LogP contribution >= 0.6 is 11.6 Å². The van der Waals surface area contributed by atoms with E-state index in [1.54, 1.807) is 61.1 Å². The van der Waals surface area contributed by atoms with Crippen LogP contribution in [0.5, 0.6) is 0 Å². The predicted molar refractivity (Wildman–Crippen MR) is 91.5 cm³/mol. The molecule has 0 bridgehead atoms. The van der Waals surface area contributed by atoms with Gasteiger partial charge in [0.15, 0.2) is 5.69 Å². The molecule has 0 saturated heterocycles. The van der Waals surface area contributed by atoms with Crippen LogP contribution in [0, 0.1) is 6.92 Å². The van der Waals surface area contributed by atoms with Crippen molar-refractivity contribution in [1.82, 2.24) is 30.4 Å². The minimum Gasteiger partial charge on any atom is -0.347 e. The molecule has 0 fully saturated rings. The van der Waals surface area contributed by atoms with E-state index >= 15 is 0 Å². The highest BCUT2D eigenvalue weighted by molar-refractivity contribution is 6.30. The molecule has 0 saturated carbocycles. The van der Waals surface area contributed by atoms with Gasteiger partial charge in [0.2, 0.25) is 0 Å². The van der Waals surface area contributed by atoms with Crippen LogP contribution in [0.15, 0.2) is 42.6 Å². The maximum atomic E-state index is 12.3. The molecule has 0 spiro atoms. The van der Waals surface area contributed by atoms with Gasteiger partial charge in [0.25, 0.3) is 11.8 Å². The maximum absolute atomic E-state index is 12.3.